The zero-order chi connectivity index (χ0) is 18.5. The molecule has 1 amide bonds. The molecule has 2 atom stereocenters. The van der Waals surface area contributed by atoms with Gasteiger partial charge < -0.3 is 5.32 Å². The molecule has 2 aromatic heterocycles. The lowest BCUT2D eigenvalue weighted by Crippen LogP contribution is -2.27. The summed E-state index contributed by atoms with van der Waals surface area (Å²) in [5.41, 5.74) is 2.11. The van der Waals surface area contributed by atoms with Crippen LogP contribution in [0, 0.1) is 5.82 Å². The van der Waals surface area contributed by atoms with Gasteiger partial charge in [0.15, 0.2) is 5.69 Å². The summed E-state index contributed by atoms with van der Waals surface area (Å²) < 4.78 is 14.8. The average Bonchev–Trinajstić information content (AvgIpc) is 3.14. The van der Waals surface area contributed by atoms with Crippen LogP contribution >= 0.6 is 0 Å². The molecule has 0 aliphatic heterocycles. The number of nitrogens with one attached hydrogen (secondary N) is 1. The van der Waals surface area contributed by atoms with E-state index in [1.807, 2.05) is 26.0 Å². The molecule has 0 spiro atoms. The number of hydrogen-bond acceptors (Lipinski definition) is 4. The fourth-order valence-corrected chi connectivity index (χ4v) is 2.80. The molecule has 3 aromatic rings. The van der Waals surface area contributed by atoms with Crippen LogP contribution in [-0.2, 0) is 0 Å². The van der Waals surface area contributed by atoms with Crippen molar-refractivity contribution in [3.63, 3.8) is 0 Å². The molecule has 0 unspecified atom stereocenters. The van der Waals surface area contributed by atoms with E-state index in [1.54, 1.807) is 35.4 Å². The van der Waals surface area contributed by atoms with Gasteiger partial charge in [0.25, 0.3) is 5.91 Å². The maximum Gasteiger partial charge on any atom is 0.273 e. The lowest BCUT2D eigenvalue weighted by atomic mass is 10.0. The predicted octanol–water partition coefficient (Wildman–Crippen LogP) is 3.30. The summed E-state index contributed by atoms with van der Waals surface area (Å²) in [6, 6.07) is 9.69. The first-order valence-electron chi connectivity index (χ1n) is 8.46. The summed E-state index contributed by atoms with van der Waals surface area (Å²) in [6.07, 6.45) is 5.72. The van der Waals surface area contributed by atoms with Gasteiger partial charge in [-0.1, -0.05) is 24.3 Å². The van der Waals surface area contributed by atoms with E-state index in [2.05, 4.69) is 20.6 Å². The van der Waals surface area contributed by atoms with Crippen LogP contribution in [0.3, 0.4) is 0 Å². The number of carbonyl (C=O) groups is 1. The summed E-state index contributed by atoms with van der Waals surface area (Å²) in [4.78, 5) is 16.4. The third-order valence-electron chi connectivity index (χ3n) is 4.26. The van der Waals surface area contributed by atoms with Crippen molar-refractivity contribution in [1.82, 2.24) is 25.3 Å². The highest BCUT2D eigenvalue weighted by Crippen LogP contribution is 2.21. The van der Waals surface area contributed by atoms with Gasteiger partial charge in [-0.3, -0.25) is 9.78 Å². The maximum absolute atomic E-state index is 13.1. The minimum Gasteiger partial charge on any atom is -0.344 e. The van der Waals surface area contributed by atoms with Crippen LogP contribution in [0.1, 0.15) is 54.0 Å². The number of amides is 1. The van der Waals surface area contributed by atoms with Gasteiger partial charge in [0.2, 0.25) is 0 Å². The molecule has 2 heterocycles. The van der Waals surface area contributed by atoms with E-state index < -0.39 is 0 Å². The quantitative estimate of drug-likeness (QED) is 0.738. The van der Waals surface area contributed by atoms with Crippen LogP contribution < -0.4 is 5.32 Å². The minimum atomic E-state index is -0.297. The molecule has 0 bridgehead atoms. The van der Waals surface area contributed by atoms with Gasteiger partial charge in [-0.25, -0.2) is 9.07 Å². The van der Waals surface area contributed by atoms with Gasteiger partial charge in [-0.15, -0.1) is 5.10 Å². The standard InChI is InChI=1S/C19H20FN5O/c1-3-18(15-4-6-16(20)7-5-15)25-12-17(23-24-25)19(26)22-13(2)14-8-10-21-11-9-14/h4-13,18H,3H2,1-2H3,(H,22,26)/t13-,18+/m0/s1. The molecule has 26 heavy (non-hydrogen) atoms. The Bertz CT molecular complexity index is 863. The third kappa shape index (κ3) is 3.93. The van der Waals surface area contributed by atoms with Crippen molar-refractivity contribution in [1.29, 1.82) is 0 Å². The Morgan fingerprint density at radius 2 is 1.85 bits per heavy atom. The second-order valence-corrected chi connectivity index (χ2v) is 6.04. The molecule has 1 N–H and O–H groups in total. The number of nitrogens with zero attached hydrogens (tertiary/aromatic N) is 4. The molecule has 0 aliphatic carbocycles. The number of rotatable bonds is 6. The zero-order valence-corrected chi connectivity index (χ0v) is 14.6. The largest absolute Gasteiger partial charge is 0.344 e. The Kier molecular flexibility index (Phi) is 5.36. The van der Waals surface area contributed by atoms with Gasteiger partial charge in [0.1, 0.15) is 5.82 Å². The lowest BCUT2D eigenvalue weighted by molar-refractivity contribution is 0.0934. The summed E-state index contributed by atoms with van der Waals surface area (Å²) in [7, 11) is 0. The van der Waals surface area contributed by atoms with E-state index in [0.29, 0.717) is 0 Å². The van der Waals surface area contributed by atoms with Crippen molar-refractivity contribution in [3.8, 4) is 0 Å². The summed E-state index contributed by atoms with van der Waals surface area (Å²) in [6.45, 7) is 3.89. The van der Waals surface area contributed by atoms with Crippen molar-refractivity contribution < 1.29 is 9.18 Å². The smallest absolute Gasteiger partial charge is 0.273 e. The molecule has 0 fully saturated rings. The second-order valence-electron chi connectivity index (χ2n) is 6.04. The van der Waals surface area contributed by atoms with Crippen molar-refractivity contribution in [2.24, 2.45) is 0 Å². The van der Waals surface area contributed by atoms with Crippen LogP contribution in [0.5, 0.6) is 0 Å². The average molecular weight is 353 g/mol. The summed E-state index contributed by atoms with van der Waals surface area (Å²) in [5.74, 6) is -0.582. The Morgan fingerprint density at radius 3 is 2.50 bits per heavy atom. The number of carbonyl (C=O) groups excluding carboxylic acids is 1. The van der Waals surface area contributed by atoms with Crippen molar-refractivity contribution in [3.05, 3.63) is 77.6 Å². The van der Waals surface area contributed by atoms with E-state index in [4.69, 9.17) is 0 Å². The molecule has 3 rings (SSSR count). The molecule has 0 saturated heterocycles. The summed E-state index contributed by atoms with van der Waals surface area (Å²) in [5, 5.41) is 11.0. The molecule has 134 valence electrons. The normalized spacial score (nSPS) is 13.2. The number of halogens is 1. The van der Waals surface area contributed by atoms with Crippen LogP contribution in [-0.4, -0.2) is 25.9 Å². The molecule has 1 aromatic carbocycles. The van der Waals surface area contributed by atoms with Crippen molar-refractivity contribution in [2.45, 2.75) is 32.4 Å². The fraction of sp³-hybridized carbons (Fsp3) is 0.263. The molecule has 6 nitrogen and oxygen atoms in total. The second kappa shape index (κ2) is 7.86. The van der Waals surface area contributed by atoms with Crippen molar-refractivity contribution >= 4 is 5.91 Å². The number of pyridine rings is 1. The van der Waals surface area contributed by atoms with Crippen LogP contribution in [0.15, 0.2) is 55.0 Å². The van der Waals surface area contributed by atoms with Crippen LogP contribution in [0.2, 0.25) is 0 Å². The van der Waals surface area contributed by atoms with Gasteiger partial charge in [0, 0.05) is 12.4 Å². The third-order valence-corrected chi connectivity index (χ3v) is 4.26. The number of hydrogen-bond donors (Lipinski definition) is 1. The predicted molar refractivity (Wildman–Crippen MR) is 95.0 cm³/mol. The highest BCUT2D eigenvalue weighted by Gasteiger charge is 2.18. The van der Waals surface area contributed by atoms with E-state index in [-0.39, 0.29) is 29.5 Å². The van der Waals surface area contributed by atoms with E-state index in [1.165, 1.54) is 12.1 Å². The molecule has 7 heteroatoms. The molecule has 0 radical (unpaired) electrons. The molecule has 0 aliphatic rings. The van der Waals surface area contributed by atoms with Crippen LogP contribution in [0.4, 0.5) is 4.39 Å². The highest BCUT2D eigenvalue weighted by molar-refractivity contribution is 5.92. The van der Waals surface area contributed by atoms with Crippen molar-refractivity contribution in [2.75, 3.05) is 0 Å². The highest BCUT2D eigenvalue weighted by atomic mass is 19.1. The number of aromatic nitrogens is 4. The van der Waals surface area contributed by atoms with Gasteiger partial charge in [-0.2, -0.15) is 0 Å². The van der Waals surface area contributed by atoms with Crippen LogP contribution in [0.25, 0.3) is 0 Å². The molecular weight excluding hydrogens is 333 g/mol. The topological polar surface area (TPSA) is 72.7 Å². The minimum absolute atomic E-state index is 0.109. The Hall–Kier alpha value is -3.09. The van der Waals surface area contributed by atoms with Gasteiger partial charge in [-0.05, 0) is 48.7 Å². The molecular formula is C19H20FN5O. The SMILES string of the molecule is CC[C@H](c1ccc(F)cc1)n1cc(C(=O)N[C@@H](C)c2ccncc2)nn1. The maximum atomic E-state index is 13.1. The Morgan fingerprint density at radius 1 is 1.15 bits per heavy atom. The van der Waals surface area contributed by atoms with E-state index in [0.717, 1.165) is 17.5 Å². The molecule has 0 saturated carbocycles. The van der Waals surface area contributed by atoms with Gasteiger partial charge >= 0.3 is 0 Å². The summed E-state index contributed by atoms with van der Waals surface area (Å²) >= 11 is 0. The number of benzene rings is 1. The van der Waals surface area contributed by atoms with E-state index >= 15 is 0 Å². The fourth-order valence-electron chi connectivity index (χ4n) is 2.80. The first kappa shape index (κ1) is 17.7. The van der Waals surface area contributed by atoms with E-state index in [9.17, 15) is 9.18 Å². The zero-order valence-electron chi connectivity index (χ0n) is 14.6. The Labute approximate surface area is 151 Å². The first-order valence-corrected chi connectivity index (χ1v) is 8.46. The Balaban J connectivity index is 1.73. The monoisotopic (exact) mass is 353 g/mol. The lowest BCUT2D eigenvalue weighted by Gasteiger charge is -2.15. The van der Waals surface area contributed by atoms with Gasteiger partial charge in [0.05, 0.1) is 18.3 Å². The first-order chi connectivity index (χ1) is 12.6.